The fraction of sp³-hybridized carbons (Fsp3) is 0.280. The summed E-state index contributed by atoms with van der Waals surface area (Å²) in [5, 5.41) is 9.89. The molecule has 0 bridgehead atoms. The van der Waals surface area contributed by atoms with Crippen molar-refractivity contribution < 1.29 is 22.7 Å². The summed E-state index contributed by atoms with van der Waals surface area (Å²) in [6, 6.07) is 19.0. The van der Waals surface area contributed by atoms with Crippen molar-refractivity contribution in [2.24, 2.45) is 0 Å². The van der Waals surface area contributed by atoms with E-state index >= 15 is 0 Å². The molecule has 2 atom stereocenters. The number of benzene rings is 3. The summed E-state index contributed by atoms with van der Waals surface area (Å²) in [4.78, 5) is 1.65. The van der Waals surface area contributed by atoms with Crippen LogP contribution in [0.15, 0.2) is 66.7 Å². The van der Waals surface area contributed by atoms with Gasteiger partial charge in [-0.25, -0.2) is 4.39 Å². The van der Waals surface area contributed by atoms with Crippen molar-refractivity contribution in [3.8, 4) is 11.1 Å². The summed E-state index contributed by atoms with van der Waals surface area (Å²) in [6.45, 7) is 1.37. The van der Waals surface area contributed by atoms with E-state index in [4.69, 9.17) is 0 Å². The topological polar surface area (TPSA) is 23.5 Å². The smallest absolute Gasteiger partial charge is 0.382 e. The number of aliphatic hydroxyl groups is 1. The summed E-state index contributed by atoms with van der Waals surface area (Å²) < 4.78 is 53.5. The summed E-state index contributed by atoms with van der Waals surface area (Å²) in [5.74, 6) is -0.368. The molecule has 1 aliphatic rings. The van der Waals surface area contributed by atoms with Crippen LogP contribution in [0.25, 0.3) is 11.1 Å². The average molecular weight is 429 g/mol. The lowest BCUT2D eigenvalue weighted by Gasteiger charge is -2.41. The zero-order valence-electron chi connectivity index (χ0n) is 17.0. The van der Waals surface area contributed by atoms with Gasteiger partial charge in [0.1, 0.15) is 5.82 Å². The van der Waals surface area contributed by atoms with Gasteiger partial charge in [0.05, 0.1) is 12.6 Å². The molecule has 0 spiro atoms. The minimum Gasteiger partial charge on any atom is -0.382 e. The highest BCUT2D eigenvalue weighted by atomic mass is 19.4. The molecule has 3 aromatic rings. The molecule has 0 radical (unpaired) electrons. The Morgan fingerprint density at radius 3 is 2.48 bits per heavy atom. The maximum atomic E-state index is 13.8. The van der Waals surface area contributed by atoms with Crippen molar-refractivity contribution in [1.82, 2.24) is 0 Å². The number of aliphatic hydroxyl groups excluding tert-OH is 1. The first-order valence-electron chi connectivity index (χ1n) is 10.2. The van der Waals surface area contributed by atoms with Crippen LogP contribution in [0.4, 0.5) is 23.2 Å². The zero-order chi connectivity index (χ0) is 22.2. The molecule has 4 rings (SSSR count). The number of alkyl halides is 3. The first-order chi connectivity index (χ1) is 14.7. The molecular weight excluding hydrogens is 406 g/mol. The average Bonchev–Trinajstić information content (AvgIpc) is 2.72. The number of fused-ring (bicyclic) bond motifs is 1. The number of halogens is 4. The number of hydrogen-bond acceptors (Lipinski definition) is 2. The second-order valence-corrected chi connectivity index (χ2v) is 7.99. The van der Waals surface area contributed by atoms with Gasteiger partial charge in [0.25, 0.3) is 0 Å². The SMILES string of the molecule is Cc1cccc([C@H]2CCc3c(-c4cccc(F)c4)cccc3N2C[C@H](O)C(F)(F)F)c1. The minimum absolute atomic E-state index is 0.299. The summed E-state index contributed by atoms with van der Waals surface area (Å²) >= 11 is 0. The van der Waals surface area contributed by atoms with Crippen molar-refractivity contribution in [2.45, 2.75) is 38.1 Å². The van der Waals surface area contributed by atoms with E-state index in [0.717, 1.165) is 22.3 Å². The number of hydrogen-bond donors (Lipinski definition) is 1. The highest BCUT2D eigenvalue weighted by Crippen LogP contribution is 2.43. The molecule has 0 unspecified atom stereocenters. The molecule has 0 aliphatic carbocycles. The molecule has 1 N–H and O–H groups in total. The number of aryl methyl sites for hydroxylation is 1. The van der Waals surface area contributed by atoms with E-state index in [-0.39, 0.29) is 11.9 Å². The molecule has 6 heteroatoms. The number of nitrogens with zero attached hydrogens (tertiary/aromatic N) is 1. The van der Waals surface area contributed by atoms with Gasteiger partial charge in [-0.05, 0) is 60.2 Å². The molecule has 162 valence electrons. The third kappa shape index (κ3) is 4.44. The predicted molar refractivity (Wildman–Crippen MR) is 113 cm³/mol. The Bertz CT molecular complexity index is 1080. The molecule has 1 heterocycles. The van der Waals surface area contributed by atoms with Gasteiger partial charge in [-0.2, -0.15) is 13.2 Å². The molecule has 2 nitrogen and oxygen atoms in total. The number of β-amino-alcohol motifs (C(OH)–C–C–N with tert-alkyl or cyclic N) is 1. The number of anilines is 1. The first kappa shape index (κ1) is 21.4. The fourth-order valence-electron chi connectivity index (χ4n) is 4.38. The van der Waals surface area contributed by atoms with Crippen LogP contribution in [0.5, 0.6) is 0 Å². The molecule has 31 heavy (non-hydrogen) atoms. The molecule has 0 fully saturated rings. The molecule has 0 saturated heterocycles. The van der Waals surface area contributed by atoms with Crippen molar-refractivity contribution in [3.63, 3.8) is 0 Å². The van der Waals surface area contributed by atoms with Crippen LogP contribution < -0.4 is 4.90 Å². The lowest BCUT2D eigenvalue weighted by Crippen LogP contribution is -2.44. The minimum atomic E-state index is -4.71. The van der Waals surface area contributed by atoms with Crippen molar-refractivity contribution in [1.29, 1.82) is 0 Å². The Labute approximate surface area is 178 Å². The summed E-state index contributed by atoms with van der Waals surface area (Å²) in [6.07, 6.45) is -5.95. The van der Waals surface area contributed by atoms with Gasteiger partial charge in [0.2, 0.25) is 0 Å². The second kappa shape index (κ2) is 8.35. The normalized spacial score (nSPS) is 17.4. The monoisotopic (exact) mass is 429 g/mol. The van der Waals surface area contributed by atoms with Crippen molar-refractivity contribution in [2.75, 3.05) is 11.4 Å². The van der Waals surface area contributed by atoms with Gasteiger partial charge in [-0.1, -0.05) is 54.1 Å². The van der Waals surface area contributed by atoms with Gasteiger partial charge in [0, 0.05) is 5.69 Å². The van der Waals surface area contributed by atoms with Crippen LogP contribution in [0.1, 0.15) is 29.2 Å². The molecular formula is C25H23F4NO. The maximum Gasteiger partial charge on any atom is 0.416 e. The van der Waals surface area contributed by atoms with Gasteiger partial charge >= 0.3 is 6.18 Å². The van der Waals surface area contributed by atoms with E-state index in [1.165, 1.54) is 12.1 Å². The predicted octanol–water partition coefficient (Wildman–Crippen LogP) is 6.22. The van der Waals surface area contributed by atoms with E-state index in [2.05, 4.69) is 0 Å². The highest BCUT2D eigenvalue weighted by molar-refractivity contribution is 5.76. The summed E-state index contributed by atoms with van der Waals surface area (Å²) in [7, 11) is 0. The fourth-order valence-corrected chi connectivity index (χ4v) is 4.38. The molecule has 3 aromatic carbocycles. The van der Waals surface area contributed by atoms with Crippen LogP contribution in [0.3, 0.4) is 0 Å². The van der Waals surface area contributed by atoms with Gasteiger partial charge in [-0.3, -0.25) is 0 Å². The summed E-state index contributed by atoms with van der Waals surface area (Å²) in [5.41, 5.74) is 4.92. The van der Waals surface area contributed by atoms with Crippen LogP contribution in [-0.4, -0.2) is 23.9 Å². The lowest BCUT2D eigenvalue weighted by molar-refractivity contribution is -0.200. The Morgan fingerprint density at radius 2 is 1.77 bits per heavy atom. The maximum absolute atomic E-state index is 13.8. The van der Waals surface area contributed by atoms with Crippen molar-refractivity contribution in [3.05, 3.63) is 89.2 Å². The van der Waals surface area contributed by atoms with Crippen molar-refractivity contribution >= 4 is 5.69 Å². The molecule has 1 aliphatic heterocycles. The van der Waals surface area contributed by atoms with E-state index < -0.39 is 18.8 Å². The van der Waals surface area contributed by atoms with E-state index in [0.29, 0.717) is 24.1 Å². The zero-order valence-corrected chi connectivity index (χ0v) is 17.0. The standard InChI is InChI=1S/C25H23F4NO/c1-16-5-2-7-18(13-16)22-12-11-21-20(17-6-3-8-19(26)14-17)9-4-10-23(21)30(22)15-24(31)25(27,28)29/h2-10,13-14,22,24,31H,11-12,15H2,1H3/t22-,24+/m1/s1. The van der Waals surface area contributed by atoms with Gasteiger partial charge in [-0.15, -0.1) is 0 Å². The Hall–Kier alpha value is -2.86. The highest BCUT2D eigenvalue weighted by Gasteiger charge is 2.41. The third-order valence-electron chi connectivity index (χ3n) is 5.81. The number of rotatable bonds is 4. The van der Waals surface area contributed by atoms with E-state index in [9.17, 15) is 22.7 Å². The molecule has 0 amide bonds. The Balaban J connectivity index is 1.81. The van der Waals surface area contributed by atoms with E-state index in [1.54, 1.807) is 29.2 Å². The van der Waals surface area contributed by atoms with Crippen LogP contribution in [0.2, 0.25) is 0 Å². The quantitative estimate of drug-likeness (QED) is 0.498. The van der Waals surface area contributed by atoms with Crippen LogP contribution >= 0.6 is 0 Å². The first-order valence-corrected chi connectivity index (χ1v) is 10.2. The molecule has 0 aromatic heterocycles. The third-order valence-corrected chi connectivity index (χ3v) is 5.81. The molecule has 0 saturated carbocycles. The van der Waals surface area contributed by atoms with Crippen LogP contribution in [0, 0.1) is 12.7 Å². The Kier molecular flexibility index (Phi) is 5.75. The second-order valence-electron chi connectivity index (χ2n) is 7.99. The Morgan fingerprint density at radius 1 is 1.03 bits per heavy atom. The lowest BCUT2D eigenvalue weighted by atomic mass is 9.86. The van der Waals surface area contributed by atoms with Gasteiger partial charge in [0.15, 0.2) is 6.10 Å². The van der Waals surface area contributed by atoms with E-state index in [1.807, 2.05) is 37.3 Å². The van der Waals surface area contributed by atoms with Gasteiger partial charge < -0.3 is 10.0 Å². The largest absolute Gasteiger partial charge is 0.416 e. The van der Waals surface area contributed by atoms with Crippen LogP contribution in [-0.2, 0) is 6.42 Å².